The minimum atomic E-state index is -0.735. The van der Waals surface area contributed by atoms with Crippen molar-refractivity contribution in [3.63, 3.8) is 0 Å². The first-order chi connectivity index (χ1) is 9.08. The molecule has 0 bridgehead atoms. The van der Waals surface area contributed by atoms with E-state index in [0.29, 0.717) is 26.3 Å². The molecule has 0 radical (unpaired) electrons. The van der Waals surface area contributed by atoms with Crippen molar-refractivity contribution in [1.29, 1.82) is 0 Å². The van der Waals surface area contributed by atoms with Crippen LogP contribution in [0.25, 0.3) is 0 Å². The number of anilines is 1. The van der Waals surface area contributed by atoms with Crippen molar-refractivity contribution < 1.29 is 18.3 Å². The normalized spacial score (nSPS) is 15.4. The number of halogens is 3. The van der Waals surface area contributed by atoms with Crippen molar-refractivity contribution in [3.8, 4) is 0 Å². The summed E-state index contributed by atoms with van der Waals surface area (Å²) in [5.41, 5.74) is 0.0861. The van der Waals surface area contributed by atoms with E-state index in [1.54, 1.807) is 4.90 Å². The lowest BCUT2D eigenvalue weighted by Gasteiger charge is -2.27. The first-order valence-corrected chi connectivity index (χ1v) is 6.61. The van der Waals surface area contributed by atoms with Gasteiger partial charge < -0.3 is 15.0 Å². The smallest absolute Gasteiger partial charge is 0.242 e. The summed E-state index contributed by atoms with van der Waals surface area (Å²) in [7, 11) is 0. The summed E-state index contributed by atoms with van der Waals surface area (Å²) in [4.78, 5) is 13.5. The van der Waals surface area contributed by atoms with Crippen molar-refractivity contribution in [1.82, 2.24) is 4.90 Å². The third kappa shape index (κ3) is 3.63. The number of carbonyl (C=O) groups excluding carboxylic acids is 1. The molecule has 0 saturated carbocycles. The molecule has 0 aromatic heterocycles. The second-order valence-electron chi connectivity index (χ2n) is 4.09. The van der Waals surface area contributed by atoms with Crippen LogP contribution in [-0.4, -0.2) is 43.7 Å². The zero-order valence-electron chi connectivity index (χ0n) is 10.1. The van der Waals surface area contributed by atoms with E-state index < -0.39 is 11.6 Å². The maximum atomic E-state index is 13.5. The van der Waals surface area contributed by atoms with E-state index in [-0.39, 0.29) is 22.6 Å². The van der Waals surface area contributed by atoms with Gasteiger partial charge in [-0.25, -0.2) is 8.78 Å². The lowest BCUT2D eigenvalue weighted by Crippen LogP contribution is -2.43. The highest BCUT2D eigenvalue weighted by molar-refractivity contribution is 9.10. The lowest BCUT2D eigenvalue weighted by molar-refractivity contribution is -0.133. The SMILES string of the molecule is O=C(CNc1c(F)cc(F)cc1Br)N1CCOCC1. The Morgan fingerprint density at radius 2 is 2.05 bits per heavy atom. The average molecular weight is 335 g/mol. The van der Waals surface area contributed by atoms with Crippen LogP contribution < -0.4 is 5.32 Å². The number of benzene rings is 1. The van der Waals surface area contributed by atoms with E-state index in [9.17, 15) is 13.6 Å². The zero-order valence-corrected chi connectivity index (χ0v) is 11.7. The summed E-state index contributed by atoms with van der Waals surface area (Å²) in [5, 5.41) is 2.68. The Kier molecular flexibility index (Phi) is 4.71. The standard InChI is InChI=1S/C12H13BrF2N2O2/c13-9-5-8(14)6-10(15)12(9)16-7-11(18)17-1-3-19-4-2-17/h5-6,16H,1-4,7H2. The molecule has 1 amide bonds. The monoisotopic (exact) mass is 334 g/mol. The number of carbonyl (C=O) groups is 1. The summed E-state index contributed by atoms with van der Waals surface area (Å²) in [6, 6.07) is 1.91. The van der Waals surface area contributed by atoms with E-state index in [1.807, 2.05) is 0 Å². The van der Waals surface area contributed by atoms with Crippen LogP contribution in [0.15, 0.2) is 16.6 Å². The van der Waals surface area contributed by atoms with E-state index >= 15 is 0 Å². The topological polar surface area (TPSA) is 41.6 Å². The second kappa shape index (κ2) is 6.29. The highest BCUT2D eigenvalue weighted by atomic mass is 79.9. The summed E-state index contributed by atoms with van der Waals surface area (Å²) in [6.45, 7) is 2.06. The van der Waals surface area contributed by atoms with E-state index in [2.05, 4.69) is 21.2 Å². The van der Waals surface area contributed by atoms with Gasteiger partial charge in [0, 0.05) is 23.6 Å². The summed E-state index contributed by atoms with van der Waals surface area (Å²) < 4.78 is 31.8. The molecular weight excluding hydrogens is 322 g/mol. The number of morpholine rings is 1. The molecule has 1 fully saturated rings. The molecule has 1 aromatic carbocycles. The molecule has 104 valence electrons. The van der Waals surface area contributed by atoms with Crippen molar-refractivity contribution in [3.05, 3.63) is 28.2 Å². The van der Waals surface area contributed by atoms with Gasteiger partial charge in [-0.1, -0.05) is 0 Å². The summed E-state index contributed by atoms with van der Waals surface area (Å²) >= 11 is 3.06. The Balaban J connectivity index is 1.96. The molecule has 7 heteroatoms. The number of hydrogen-bond donors (Lipinski definition) is 1. The van der Waals surface area contributed by atoms with Gasteiger partial charge in [0.25, 0.3) is 0 Å². The molecule has 1 aliphatic rings. The van der Waals surface area contributed by atoms with Gasteiger partial charge in [-0.05, 0) is 22.0 Å². The quantitative estimate of drug-likeness (QED) is 0.919. The summed E-state index contributed by atoms with van der Waals surface area (Å²) in [6.07, 6.45) is 0. The Hall–Kier alpha value is -1.21. The highest BCUT2D eigenvalue weighted by Gasteiger charge is 2.17. The van der Waals surface area contributed by atoms with Crippen LogP contribution in [0.3, 0.4) is 0 Å². The largest absolute Gasteiger partial charge is 0.378 e. The molecule has 0 atom stereocenters. The van der Waals surface area contributed by atoms with Gasteiger partial charge in [0.05, 0.1) is 25.4 Å². The number of hydrogen-bond acceptors (Lipinski definition) is 3. The maximum Gasteiger partial charge on any atom is 0.242 e. The van der Waals surface area contributed by atoms with E-state index in [1.165, 1.54) is 0 Å². The number of rotatable bonds is 3. The first kappa shape index (κ1) is 14.2. The Morgan fingerprint density at radius 1 is 1.37 bits per heavy atom. The van der Waals surface area contributed by atoms with E-state index in [4.69, 9.17) is 4.74 Å². The van der Waals surface area contributed by atoms with Gasteiger partial charge in [0.15, 0.2) is 0 Å². The molecular formula is C12H13BrF2N2O2. The third-order valence-electron chi connectivity index (χ3n) is 2.79. The van der Waals surface area contributed by atoms with Crippen molar-refractivity contribution in [2.24, 2.45) is 0 Å². The Labute approximate surface area is 117 Å². The molecule has 19 heavy (non-hydrogen) atoms. The van der Waals surface area contributed by atoms with Crippen molar-refractivity contribution in [2.45, 2.75) is 0 Å². The van der Waals surface area contributed by atoms with E-state index in [0.717, 1.165) is 12.1 Å². The van der Waals surface area contributed by atoms with Crippen LogP contribution in [-0.2, 0) is 9.53 Å². The molecule has 1 aromatic rings. The van der Waals surface area contributed by atoms with Crippen molar-refractivity contribution in [2.75, 3.05) is 38.2 Å². The molecule has 1 N–H and O–H groups in total. The van der Waals surface area contributed by atoms with Crippen LogP contribution in [0.2, 0.25) is 0 Å². The van der Waals surface area contributed by atoms with Crippen LogP contribution in [0.1, 0.15) is 0 Å². The third-order valence-corrected chi connectivity index (χ3v) is 3.41. The fraction of sp³-hybridized carbons (Fsp3) is 0.417. The van der Waals surface area contributed by atoms with Gasteiger partial charge in [-0.3, -0.25) is 4.79 Å². The molecule has 2 rings (SSSR count). The molecule has 0 unspecified atom stereocenters. The fourth-order valence-electron chi connectivity index (χ4n) is 1.80. The van der Waals surface area contributed by atoms with Gasteiger partial charge in [-0.15, -0.1) is 0 Å². The average Bonchev–Trinajstić information content (AvgIpc) is 2.38. The summed E-state index contributed by atoms with van der Waals surface area (Å²) in [5.74, 6) is -1.55. The Morgan fingerprint density at radius 3 is 2.68 bits per heavy atom. The van der Waals surface area contributed by atoms with Crippen LogP contribution >= 0.6 is 15.9 Å². The lowest BCUT2D eigenvalue weighted by atomic mass is 10.3. The maximum absolute atomic E-state index is 13.5. The minimum absolute atomic E-state index is 0.0405. The zero-order chi connectivity index (χ0) is 13.8. The minimum Gasteiger partial charge on any atom is -0.378 e. The molecule has 4 nitrogen and oxygen atoms in total. The van der Waals surface area contributed by atoms with Gasteiger partial charge in [-0.2, -0.15) is 0 Å². The van der Waals surface area contributed by atoms with Crippen LogP contribution in [0.5, 0.6) is 0 Å². The predicted octanol–water partition coefficient (Wildman–Crippen LogP) is 2.00. The number of nitrogens with zero attached hydrogens (tertiary/aromatic N) is 1. The number of amides is 1. The second-order valence-corrected chi connectivity index (χ2v) is 4.95. The molecule has 1 aliphatic heterocycles. The Bertz CT molecular complexity index is 456. The van der Waals surface area contributed by atoms with Crippen LogP contribution in [0.4, 0.5) is 14.5 Å². The first-order valence-electron chi connectivity index (χ1n) is 5.82. The fourth-order valence-corrected chi connectivity index (χ4v) is 2.35. The molecule has 0 spiro atoms. The van der Waals surface area contributed by atoms with Crippen LogP contribution in [0, 0.1) is 11.6 Å². The highest BCUT2D eigenvalue weighted by Crippen LogP contribution is 2.26. The van der Waals surface area contributed by atoms with Gasteiger partial charge in [0.1, 0.15) is 11.6 Å². The molecule has 1 heterocycles. The van der Waals surface area contributed by atoms with Gasteiger partial charge >= 0.3 is 0 Å². The number of nitrogens with one attached hydrogen (secondary N) is 1. The van der Waals surface area contributed by atoms with Crippen molar-refractivity contribution >= 4 is 27.5 Å². The predicted molar refractivity (Wildman–Crippen MR) is 69.9 cm³/mol. The molecule has 0 aliphatic carbocycles. The number of ether oxygens (including phenoxy) is 1. The van der Waals surface area contributed by atoms with Gasteiger partial charge in [0.2, 0.25) is 5.91 Å². The molecule has 1 saturated heterocycles.